The van der Waals surface area contributed by atoms with E-state index in [1.807, 2.05) is 0 Å². The van der Waals surface area contributed by atoms with Gasteiger partial charge in [-0.1, -0.05) is 6.07 Å². The number of hydrogen-bond acceptors (Lipinski definition) is 4. The number of hydrogen-bond donors (Lipinski definition) is 3. The molecule has 104 valence electrons. The molecule has 0 saturated carbocycles. The van der Waals surface area contributed by atoms with Crippen molar-refractivity contribution in [1.82, 2.24) is 5.32 Å². The first-order chi connectivity index (χ1) is 9.16. The fourth-order valence-electron chi connectivity index (χ4n) is 1.96. The highest BCUT2D eigenvalue weighted by Gasteiger charge is 2.15. The Balaban J connectivity index is 1.82. The van der Waals surface area contributed by atoms with Crippen LogP contribution in [0.2, 0.25) is 0 Å². The number of phenolic OH excluding ortho intramolecular Hbond substituents is 1. The van der Waals surface area contributed by atoms with E-state index >= 15 is 0 Å². The smallest absolute Gasteiger partial charge is 0.234 e. The van der Waals surface area contributed by atoms with Crippen molar-refractivity contribution in [2.24, 2.45) is 0 Å². The number of benzene rings is 1. The minimum Gasteiger partial charge on any atom is -0.505 e. The van der Waals surface area contributed by atoms with E-state index < -0.39 is 0 Å². The van der Waals surface area contributed by atoms with Gasteiger partial charge in [0.2, 0.25) is 5.91 Å². The SMILES string of the molecule is O=C(CSC1CCNCC1)Nc1cccc(Br)c1O. The van der Waals surface area contributed by atoms with Crippen molar-refractivity contribution in [2.45, 2.75) is 18.1 Å². The molecular weight excluding hydrogens is 328 g/mol. The topological polar surface area (TPSA) is 61.4 Å². The molecule has 1 aromatic rings. The van der Waals surface area contributed by atoms with Crippen LogP contribution in [-0.2, 0) is 4.79 Å². The summed E-state index contributed by atoms with van der Waals surface area (Å²) in [6, 6.07) is 5.20. The molecule has 0 atom stereocenters. The van der Waals surface area contributed by atoms with Gasteiger partial charge in [0.15, 0.2) is 5.75 Å². The highest BCUT2D eigenvalue weighted by Crippen LogP contribution is 2.31. The van der Waals surface area contributed by atoms with Crippen LogP contribution >= 0.6 is 27.7 Å². The summed E-state index contributed by atoms with van der Waals surface area (Å²) in [6.07, 6.45) is 2.22. The zero-order chi connectivity index (χ0) is 13.7. The number of amides is 1. The lowest BCUT2D eigenvalue weighted by Gasteiger charge is -2.21. The first kappa shape index (κ1) is 14.7. The molecule has 0 aromatic heterocycles. The Hall–Kier alpha value is -0.720. The number of rotatable bonds is 4. The number of anilines is 1. The number of carbonyl (C=O) groups excluding carboxylic acids is 1. The van der Waals surface area contributed by atoms with E-state index in [1.165, 1.54) is 0 Å². The summed E-state index contributed by atoms with van der Waals surface area (Å²) in [4.78, 5) is 11.8. The molecule has 4 nitrogen and oxygen atoms in total. The third-order valence-corrected chi connectivity index (χ3v) is 5.01. The van der Waals surface area contributed by atoms with Crippen LogP contribution in [0.1, 0.15) is 12.8 Å². The molecule has 6 heteroatoms. The predicted molar refractivity (Wildman–Crippen MR) is 82.8 cm³/mol. The molecular formula is C13H17BrN2O2S. The first-order valence-electron chi connectivity index (χ1n) is 6.26. The van der Waals surface area contributed by atoms with Gasteiger partial charge in [-0.3, -0.25) is 4.79 Å². The van der Waals surface area contributed by atoms with Crippen molar-refractivity contribution in [2.75, 3.05) is 24.2 Å². The van der Waals surface area contributed by atoms with Crippen molar-refractivity contribution >= 4 is 39.3 Å². The minimum absolute atomic E-state index is 0.0720. The van der Waals surface area contributed by atoms with Gasteiger partial charge < -0.3 is 15.7 Å². The van der Waals surface area contributed by atoms with Crippen molar-refractivity contribution in [3.8, 4) is 5.75 Å². The number of carbonyl (C=O) groups is 1. The molecule has 0 spiro atoms. The van der Waals surface area contributed by atoms with Crippen LogP contribution in [0.25, 0.3) is 0 Å². The lowest BCUT2D eigenvalue weighted by Crippen LogP contribution is -2.30. The van der Waals surface area contributed by atoms with Gasteiger partial charge in [0, 0.05) is 5.25 Å². The van der Waals surface area contributed by atoms with Crippen molar-refractivity contribution < 1.29 is 9.90 Å². The molecule has 3 N–H and O–H groups in total. The van der Waals surface area contributed by atoms with Crippen LogP contribution < -0.4 is 10.6 Å². The molecule has 0 bridgehead atoms. The number of aromatic hydroxyl groups is 1. The average Bonchev–Trinajstić information content (AvgIpc) is 2.43. The monoisotopic (exact) mass is 344 g/mol. The number of para-hydroxylation sites is 1. The first-order valence-corrected chi connectivity index (χ1v) is 8.10. The predicted octanol–water partition coefficient (Wildman–Crippen LogP) is 2.58. The number of phenols is 1. The van der Waals surface area contributed by atoms with Crippen LogP contribution in [0.5, 0.6) is 5.75 Å². The Bertz CT molecular complexity index is 450. The van der Waals surface area contributed by atoms with E-state index in [0.717, 1.165) is 25.9 Å². The van der Waals surface area contributed by atoms with Gasteiger partial charge in [0.25, 0.3) is 0 Å². The lowest BCUT2D eigenvalue weighted by atomic mass is 10.2. The van der Waals surface area contributed by atoms with Crippen molar-refractivity contribution in [3.63, 3.8) is 0 Å². The number of halogens is 1. The Morgan fingerprint density at radius 2 is 2.21 bits per heavy atom. The molecule has 0 radical (unpaired) electrons. The fraction of sp³-hybridized carbons (Fsp3) is 0.462. The largest absolute Gasteiger partial charge is 0.505 e. The van der Waals surface area contributed by atoms with Crippen LogP contribution in [0.15, 0.2) is 22.7 Å². The highest BCUT2D eigenvalue weighted by molar-refractivity contribution is 9.10. The molecule has 1 aromatic carbocycles. The van der Waals surface area contributed by atoms with Crippen LogP contribution in [0.4, 0.5) is 5.69 Å². The minimum atomic E-state index is -0.0723. The summed E-state index contributed by atoms with van der Waals surface area (Å²) < 4.78 is 0.580. The molecule has 1 aliphatic heterocycles. The molecule has 1 heterocycles. The van der Waals surface area contributed by atoms with Crippen LogP contribution in [0, 0.1) is 0 Å². The highest BCUT2D eigenvalue weighted by atomic mass is 79.9. The third-order valence-electron chi connectivity index (χ3n) is 3.00. The van der Waals surface area contributed by atoms with E-state index in [-0.39, 0.29) is 11.7 Å². The second-order valence-corrected chi connectivity index (χ2v) is 6.59. The Labute approximate surface area is 125 Å². The molecule has 1 fully saturated rings. The van der Waals surface area contributed by atoms with Gasteiger partial charge >= 0.3 is 0 Å². The standard InChI is InChI=1S/C13H17BrN2O2S/c14-10-2-1-3-11(13(10)18)16-12(17)8-19-9-4-6-15-7-5-9/h1-3,9,15,18H,4-8H2,(H,16,17). The lowest BCUT2D eigenvalue weighted by molar-refractivity contribution is -0.113. The average molecular weight is 345 g/mol. The summed E-state index contributed by atoms with van der Waals surface area (Å²) in [5.74, 6) is 0.427. The van der Waals surface area contributed by atoms with E-state index in [4.69, 9.17) is 0 Å². The Morgan fingerprint density at radius 3 is 2.95 bits per heavy atom. The van der Waals surface area contributed by atoms with Crippen molar-refractivity contribution in [1.29, 1.82) is 0 Å². The number of thioether (sulfide) groups is 1. The summed E-state index contributed by atoms with van der Waals surface area (Å²) in [7, 11) is 0. The van der Waals surface area contributed by atoms with E-state index in [2.05, 4.69) is 26.6 Å². The van der Waals surface area contributed by atoms with Crippen molar-refractivity contribution in [3.05, 3.63) is 22.7 Å². The zero-order valence-corrected chi connectivity index (χ0v) is 12.9. The van der Waals surface area contributed by atoms with E-state index in [9.17, 15) is 9.90 Å². The summed E-state index contributed by atoms with van der Waals surface area (Å²) in [5.41, 5.74) is 0.449. The number of piperidine rings is 1. The summed E-state index contributed by atoms with van der Waals surface area (Å²) in [5, 5.41) is 16.4. The van der Waals surface area contributed by atoms with Gasteiger partial charge in [-0.25, -0.2) is 0 Å². The van der Waals surface area contributed by atoms with E-state index in [0.29, 0.717) is 21.2 Å². The number of nitrogens with one attached hydrogen (secondary N) is 2. The second-order valence-electron chi connectivity index (χ2n) is 4.44. The normalized spacial score (nSPS) is 16.3. The van der Waals surface area contributed by atoms with Crippen LogP contribution in [-0.4, -0.2) is 35.1 Å². The molecule has 2 rings (SSSR count). The summed E-state index contributed by atoms with van der Waals surface area (Å²) >= 11 is 4.91. The third kappa shape index (κ3) is 4.40. The van der Waals surface area contributed by atoms with Gasteiger partial charge in [-0.2, -0.15) is 0 Å². The molecule has 0 unspecified atom stereocenters. The van der Waals surface area contributed by atoms with E-state index in [1.54, 1.807) is 30.0 Å². The molecule has 1 saturated heterocycles. The van der Waals surface area contributed by atoms with Crippen LogP contribution in [0.3, 0.4) is 0 Å². The summed E-state index contributed by atoms with van der Waals surface area (Å²) in [6.45, 7) is 2.07. The van der Waals surface area contributed by atoms with Gasteiger partial charge in [-0.15, -0.1) is 11.8 Å². The quantitative estimate of drug-likeness (QED) is 0.734. The van der Waals surface area contributed by atoms with Gasteiger partial charge in [0.05, 0.1) is 15.9 Å². The Morgan fingerprint density at radius 1 is 1.47 bits per heavy atom. The molecule has 0 aliphatic carbocycles. The van der Waals surface area contributed by atoms with Gasteiger partial charge in [0.1, 0.15) is 0 Å². The fourth-order valence-corrected chi connectivity index (χ4v) is 3.35. The zero-order valence-electron chi connectivity index (χ0n) is 10.5. The Kier molecular flexibility index (Phi) is 5.54. The maximum atomic E-state index is 11.8. The maximum absolute atomic E-state index is 11.8. The second kappa shape index (κ2) is 7.17. The molecule has 1 amide bonds. The molecule has 19 heavy (non-hydrogen) atoms. The molecule has 1 aliphatic rings. The maximum Gasteiger partial charge on any atom is 0.234 e. The van der Waals surface area contributed by atoms with Gasteiger partial charge in [-0.05, 0) is 54.0 Å².